The first kappa shape index (κ1) is 21.1. The van der Waals surface area contributed by atoms with E-state index in [1.54, 1.807) is 0 Å². The lowest BCUT2D eigenvalue weighted by molar-refractivity contribution is 0.0987. The van der Waals surface area contributed by atoms with Crippen molar-refractivity contribution >= 4 is 17.6 Å². The summed E-state index contributed by atoms with van der Waals surface area (Å²) in [7, 11) is 0. The second-order valence-corrected chi connectivity index (χ2v) is 6.56. The molecule has 1 aliphatic heterocycles. The summed E-state index contributed by atoms with van der Waals surface area (Å²) in [6.07, 6.45) is 2.27. The number of amidine groups is 1. The fraction of sp³-hybridized carbons (Fsp3) is 0.263. The van der Waals surface area contributed by atoms with Gasteiger partial charge in [0.25, 0.3) is 11.9 Å². The summed E-state index contributed by atoms with van der Waals surface area (Å²) in [5.41, 5.74) is 10.3. The molecule has 0 unspecified atom stereocenters. The normalized spacial score (nSPS) is 18.3. The lowest BCUT2D eigenvalue weighted by Crippen LogP contribution is -2.31. The molecule has 0 radical (unpaired) electrons. The van der Waals surface area contributed by atoms with Gasteiger partial charge in [0.2, 0.25) is 6.86 Å². The van der Waals surface area contributed by atoms with Crippen molar-refractivity contribution in [2.24, 2.45) is 10.7 Å². The monoisotopic (exact) mass is 421 g/mol. The van der Waals surface area contributed by atoms with Crippen LogP contribution in [0.3, 0.4) is 0 Å². The minimum atomic E-state index is -1.32. The summed E-state index contributed by atoms with van der Waals surface area (Å²) in [5.74, 6) is -1.62. The van der Waals surface area contributed by atoms with Crippen molar-refractivity contribution in [1.82, 2.24) is 9.97 Å². The van der Waals surface area contributed by atoms with E-state index >= 15 is 0 Å². The maximum Gasteiger partial charge on any atom is 0.288 e. The zero-order chi connectivity index (χ0) is 21.9. The molecule has 30 heavy (non-hydrogen) atoms. The number of hydrogen-bond acceptors (Lipinski definition) is 8. The Morgan fingerprint density at radius 2 is 2.07 bits per heavy atom. The van der Waals surface area contributed by atoms with Crippen molar-refractivity contribution in [2.75, 3.05) is 19.3 Å². The fourth-order valence-corrected chi connectivity index (χ4v) is 3.00. The van der Waals surface area contributed by atoms with Crippen molar-refractivity contribution < 1.29 is 27.4 Å². The molecule has 1 aliphatic rings. The summed E-state index contributed by atoms with van der Waals surface area (Å²) >= 11 is 0. The van der Waals surface area contributed by atoms with Gasteiger partial charge in [-0.25, -0.2) is 28.1 Å². The number of allylic oxidation sites excluding steroid dienone is 1. The molecule has 0 spiro atoms. The highest BCUT2D eigenvalue weighted by Crippen LogP contribution is 2.34. The molecule has 1 aromatic carbocycles. The molecule has 0 fully saturated rings. The number of aliphatic imine (C=N–C) groups is 1. The summed E-state index contributed by atoms with van der Waals surface area (Å²) in [5, 5.41) is 0. The van der Waals surface area contributed by atoms with Gasteiger partial charge in [-0.15, -0.1) is 0 Å². The number of anilines is 1. The van der Waals surface area contributed by atoms with Crippen molar-refractivity contribution in [3.05, 3.63) is 58.9 Å². The second-order valence-electron chi connectivity index (χ2n) is 6.56. The van der Waals surface area contributed by atoms with E-state index in [1.165, 1.54) is 31.2 Å². The van der Waals surface area contributed by atoms with E-state index < -0.39 is 30.7 Å². The number of rotatable bonds is 7. The number of carbonyl (C=O) groups is 1. The Morgan fingerprint density at radius 1 is 1.30 bits per heavy atom. The molecule has 0 bridgehead atoms. The van der Waals surface area contributed by atoms with Crippen LogP contribution in [0.25, 0.3) is 0 Å². The first-order chi connectivity index (χ1) is 14.3. The lowest BCUT2D eigenvalue weighted by atomic mass is 9.88. The van der Waals surface area contributed by atoms with Gasteiger partial charge in [-0.1, -0.05) is 6.07 Å². The summed E-state index contributed by atoms with van der Waals surface area (Å²) in [4.78, 5) is 24.2. The topological polar surface area (TPSA) is 126 Å². The molecule has 0 saturated heterocycles. The number of nitrogen functional groups attached to an aromatic ring is 1. The Hall–Kier alpha value is -3.63. The van der Waals surface area contributed by atoms with E-state index in [9.17, 15) is 18.0 Å². The highest BCUT2D eigenvalue weighted by molar-refractivity contribution is 5.95. The molecule has 2 heterocycles. The summed E-state index contributed by atoms with van der Waals surface area (Å²) in [6, 6.07) is 3.73. The average molecular weight is 421 g/mol. The molecule has 2 aromatic rings. The minimum absolute atomic E-state index is 0.0660. The number of Topliss-reactive ketones (excluding diaryl/α,β-unsaturated/α-hetero) is 1. The van der Waals surface area contributed by atoms with Gasteiger partial charge in [0.05, 0.1) is 6.20 Å². The number of carbonyl (C=O) groups excluding carboxylic acids is 1. The largest absolute Gasteiger partial charge is 0.443 e. The molecule has 1 aromatic heterocycles. The minimum Gasteiger partial charge on any atom is -0.443 e. The second kappa shape index (κ2) is 8.39. The van der Waals surface area contributed by atoms with E-state index in [-0.39, 0.29) is 41.2 Å². The zero-order valence-corrected chi connectivity index (χ0v) is 15.9. The third kappa shape index (κ3) is 4.34. The quantitative estimate of drug-likeness (QED) is 0.657. The Balaban J connectivity index is 1.89. The van der Waals surface area contributed by atoms with Crippen LogP contribution in [-0.4, -0.2) is 35.3 Å². The van der Waals surface area contributed by atoms with Crippen molar-refractivity contribution in [3.8, 4) is 5.88 Å². The van der Waals surface area contributed by atoms with E-state index in [4.69, 9.17) is 16.2 Å². The first-order valence-corrected chi connectivity index (χ1v) is 8.70. The van der Waals surface area contributed by atoms with E-state index in [2.05, 4.69) is 19.7 Å². The molecule has 8 nitrogen and oxygen atoms in total. The maximum absolute atomic E-state index is 14.5. The van der Waals surface area contributed by atoms with Gasteiger partial charge in [0.15, 0.2) is 11.6 Å². The van der Waals surface area contributed by atoms with Crippen molar-refractivity contribution in [2.45, 2.75) is 18.9 Å². The van der Waals surface area contributed by atoms with Gasteiger partial charge in [0.1, 0.15) is 29.5 Å². The summed E-state index contributed by atoms with van der Waals surface area (Å²) < 4.78 is 49.3. The molecular formula is C19H18F3N5O3. The number of benzene rings is 1. The number of aromatic nitrogens is 2. The van der Waals surface area contributed by atoms with Gasteiger partial charge in [0, 0.05) is 12.0 Å². The van der Waals surface area contributed by atoms with Gasteiger partial charge in [-0.2, -0.15) is 0 Å². The molecule has 11 heteroatoms. The Morgan fingerprint density at radius 3 is 2.73 bits per heavy atom. The first-order valence-electron chi connectivity index (χ1n) is 8.70. The third-order valence-corrected chi connectivity index (χ3v) is 4.33. The van der Waals surface area contributed by atoms with Crippen LogP contribution < -0.4 is 16.2 Å². The van der Waals surface area contributed by atoms with Crippen LogP contribution in [0.5, 0.6) is 5.88 Å². The number of halogens is 3. The predicted molar refractivity (Wildman–Crippen MR) is 102 cm³/mol. The average Bonchev–Trinajstić information content (AvgIpc) is 2.70. The van der Waals surface area contributed by atoms with Crippen LogP contribution in [0, 0.1) is 5.82 Å². The van der Waals surface area contributed by atoms with Crippen molar-refractivity contribution in [1.29, 1.82) is 0 Å². The van der Waals surface area contributed by atoms with Crippen LogP contribution in [0.2, 0.25) is 0 Å². The Kier molecular flexibility index (Phi) is 5.90. The number of ether oxygens (including phenoxy) is 2. The van der Waals surface area contributed by atoms with Crippen LogP contribution in [0.1, 0.15) is 28.5 Å². The number of nitrogens with zero attached hydrogens (tertiary/aromatic N) is 3. The SMILES string of the molecule is C[C@@]1(c2cc(CC(=O)c3cnc(OCF)c(N)n3)ccc2F)C=C(CF)OC(N)=N1. The van der Waals surface area contributed by atoms with Gasteiger partial charge in [-0.3, -0.25) is 4.79 Å². The number of hydrogen-bond donors (Lipinski definition) is 2. The molecule has 4 N–H and O–H groups in total. The van der Waals surface area contributed by atoms with Crippen molar-refractivity contribution in [3.63, 3.8) is 0 Å². The molecule has 1 atom stereocenters. The molecule has 3 rings (SSSR count). The van der Waals surface area contributed by atoms with E-state index in [0.29, 0.717) is 5.56 Å². The molecular weight excluding hydrogens is 403 g/mol. The van der Waals surface area contributed by atoms with Crippen LogP contribution in [0.15, 0.2) is 41.2 Å². The standard InChI is InChI=1S/C19H18F3N5O3/c1-19(6-11(7-20)30-18(24)27-19)12-4-10(2-3-13(12)22)5-15(28)14-8-25-17(29-9-21)16(23)26-14/h2-4,6,8H,5,7,9H2,1H3,(H2,23,26)(H2,24,27)/t19-/m0/s1. The highest BCUT2D eigenvalue weighted by Gasteiger charge is 2.32. The zero-order valence-electron chi connectivity index (χ0n) is 15.9. The number of alkyl halides is 2. The molecule has 0 amide bonds. The lowest BCUT2D eigenvalue weighted by Gasteiger charge is -2.28. The van der Waals surface area contributed by atoms with Gasteiger partial charge in [-0.05, 0) is 30.7 Å². The van der Waals surface area contributed by atoms with Crippen LogP contribution >= 0.6 is 0 Å². The Labute approximate surface area is 169 Å². The highest BCUT2D eigenvalue weighted by atomic mass is 19.1. The number of nitrogens with two attached hydrogens (primary N) is 2. The van der Waals surface area contributed by atoms with E-state index in [1.807, 2.05) is 0 Å². The molecule has 0 aliphatic carbocycles. The third-order valence-electron chi connectivity index (χ3n) is 4.33. The molecule has 0 saturated carbocycles. The van der Waals surface area contributed by atoms with Crippen LogP contribution in [-0.2, 0) is 16.7 Å². The van der Waals surface area contributed by atoms with Gasteiger partial charge >= 0.3 is 0 Å². The smallest absolute Gasteiger partial charge is 0.288 e. The van der Waals surface area contributed by atoms with Crippen LogP contribution in [0.4, 0.5) is 19.0 Å². The Bertz CT molecular complexity index is 1040. The fourth-order valence-electron chi connectivity index (χ4n) is 3.00. The summed E-state index contributed by atoms with van der Waals surface area (Å²) in [6.45, 7) is -0.536. The predicted octanol–water partition coefficient (Wildman–Crippen LogP) is 2.34. The number of ketones is 1. The molecule has 158 valence electrons. The van der Waals surface area contributed by atoms with Gasteiger partial charge < -0.3 is 20.9 Å². The maximum atomic E-state index is 14.5. The van der Waals surface area contributed by atoms with E-state index in [0.717, 1.165) is 6.20 Å².